The van der Waals surface area contributed by atoms with Crippen LogP contribution >= 0.6 is 0 Å². The average molecular weight is 235 g/mol. The van der Waals surface area contributed by atoms with Gasteiger partial charge in [0.1, 0.15) is 0 Å². The third-order valence-corrected chi connectivity index (χ3v) is 4.39. The largest absolute Gasteiger partial charge is 0.343 e. The van der Waals surface area contributed by atoms with Crippen LogP contribution in [0.3, 0.4) is 0 Å². The first kappa shape index (κ1) is 10.2. The number of hydrogen-bond acceptors (Lipinski definition) is 0. The van der Waals surface area contributed by atoms with Gasteiger partial charge in [-0.3, -0.25) is 0 Å². The highest BCUT2D eigenvalue weighted by Gasteiger charge is 2.16. The van der Waals surface area contributed by atoms with Gasteiger partial charge in [0.05, 0.1) is 5.52 Å². The number of para-hydroxylation sites is 1. The first-order valence-electron chi connectivity index (χ1n) is 6.84. The van der Waals surface area contributed by atoms with Crippen LogP contribution in [0.4, 0.5) is 0 Å². The van der Waals surface area contributed by atoms with Gasteiger partial charge < -0.3 is 4.57 Å². The molecule has 1 heterocycles. The highest BCUT2D eigenvalue weighted by atomic mass is 14.9. The van der Waals surface area contributed by atoms with Crippen LogP contribution in [-0.2, 0) is 19.9 Å². The first-order valence-corrected chi connectivity index (χ1v) is 6.84. The summed E-state index contributed by atoms with van der Waals surface area (Å²) in [6.07, 6.45) is 5.19. The molecule has 4 rings (SSSR count). The molecule has 18 heavy (non-hydrogen) atoms. The maximum atomic E-state index is 2.38. The molecule has 0 saturated carbocycles. The zero-order valence-corrected chi connectivity index (χ0v) is 10.7. The fourth-order valence-electron chi connectivity index (χ4n) is 3.52. The quantitative estimate of drug-likeness (QED) is 0.550. The molecular weight excluding hydrogens is 218 g/mol. The van der Waals surface area contributed by atoms with E-state index in [4.69, 9.17) is 0 Å². The Kier molecular flexibility index (Phi) is 2.05. The van der Waals surface area contributed by atoms with Crippen molar-refractivity contribution in [2.24, 2.45) is 7.05 Å². The van der Waals surface area contributed by atoms with E-state index in [1.54, 1.807) is 11.1 Å². The van der Waals surface area contributed by atoms with E-state index in [1.165, 1.54) is 47.5 Å². The summed E-state index contributed by atoms with van der Waals surface area (Å²) in [5, 5.41) is 2.82. The summed E-state index contributed by atoms with van der Waals surface area (Å²) in [6.45, 7) is 0. The van der Waals surface area contributed by atoms with E-state index >= 15 is 0 Å². The highest BCUT2D eigenvalue weighted by molar-refractivity contribution is 6.09. The molecule has 1 aliphatic rings. The highest BCUT2D eigenvalue weighted by Crippen LogP contribution is 2.34. The topological polar surface area (TPSA) is 4.93 Å². The third kappa shape index (κ3) is 1.22. The fraction of sp³-hybridized carbons (Fsp3) is 0.294. The van der Waals surface area contributed by atoms with Crippen molar-refractivity contribution in [1.29, 1.82) is 0 Å². The normalized spacial score (nSPS) is 15.2. The van der Waals surface area contributed by atoms with Crippen LogP contribution < -0.4 is 0 Å². The second kappa shape index (κ2) is 3.61. The molecule has 0 saturated heterocycles. The van der Waals surface area contributed by atoms with Crippen molar-refractivity contribution in [3.63, 3.8) is 0 Å². The van der Waals surface area contributed by atoms with Gasteiger partial charge in [-0.2, -0.15) is 0 Å². The molecule has 0 fully saturated rings. The standard InChI is InChI=1S/C17H17N/c1-18-16-9-5-4-8-14(16)15-11-10-12-6-2-3-7-13(12)17(15)18/h4-5,8-11H,2-3,6-7H2,1H3. The van der Waals surface area contributed by atoms with Crippen LogP contribution in [0.5, 0.6) is 0 Å². The van der Waals surface area contributed by atoms with E-state index in [0.717, 1.165) is 0 Å². The predicted molar refractivity (Wildman–Crippen MR) is 77.1 cm³/mol. The molecule has 3 aromatic rings. The van der Waals surface area contributed by atoms with Crippen LogP contribution in [0.25, 0.3) is 21.8 Å². The van der Waals surface area contributed by atoms with Crippen molar-refractivity contribution >= 4 is 21.8 Å². The minimum absolute atomic E-state index is 1.25. The van der Waals surface area contributed by atoms with Gasteiger partial charge in [0.25, 0.3) is 0 Å². The summed E-state index contributed by atoms with van der Waals surface area (Å²) in [7, 11) is 2.21. The molecule has 0 aliphatic heterocycles. The summed E-state index contributed by atoms with van der Waals surface area (Å²) in [4.78, 5) is 0. The molecule has 1 aromatic heterocycles. The molecule has 90 valence electrons. The van der Waals surface area contributed by atoms with Crippen LogP contribution in [-0.4, -0.2) is 4.57 Å². The maximum Gasteiger partial charge on any atom is 0.0524 e. The van der Waals surface area contributed by atoms with Gasteiger partial charge in [0.2, 0.25) is 0 Å². The van der Waals surface area contributed by atoms with Crippen molar-refractivity contribution in [2.75, 3.05) is 0 Å². The van der Waals surface area contributed by atoms with Crippen molar-refractivity contribution in [1.82, 2.24) is 4.57 Å². The summed E-state index contributed by atoms with van der Waals surface area (Å²) >= 11 is 0. The zero-order valence-electron chi connectivity index (χ0n) is 10.7. The van der Waals surface area contributed by atoms with Crippen LogP contribution in [0, 0.1) is 0 Å². The monoisotopic (exact) mass is 235 g/mol. The molecule has 0 bridgehead atoms. The van der Waals surface area contributed by atoms with Crippen molar-refractivity contribution < 1.29 is 0 Å². The molecule has 0 atom stereocenters. The lowest BCUT2D eigenvalue weighted by Crippen LogP contribution is -2.04. The van der Waals surface area contributed by atoms with Gasteiger partial charge in [-0.15, -0.1) is 0 Å². The minimum atomic E-state index is 1.25. The second-order valence-electron chi connectivity index (χ2n) is 5.38. The Bertz CT molecular complexity index is 749. The Morgan fingerprint density at radius 2 is 1.72 bits per heavy atom. The van der Waals surface area contributed by atoms with Crippen LogP contribution in [0.1, 0.15) is 24.0 Å². The summed E-state index contributed by atoms with van der Waals surface area (Å²) in [5.41, 5.74) is 5.98. The molecule has 0 radical (unpaired) electrons. The summed E-state index contributed by atoms with van der Waals surface area (Å²) < 4.78 is 2.38. The smallest absolute Gasteiger partial charge is 0.0524 e. The van der Waals surface area contributed by atoms with Gasteiger partial charge in [-0.05, 0) is 42.9 Å². The molecule has 0 unspecified atom stereocenters. The molecule has 1 nitrogen and oxygen atoms in total. The minimum Gasteiger partial charge on any atom is -0.343 e. The van der Waals surface area contributed by atoms with Crippen LogP contribution in [0.2, 0.25) is 0 Å². The Hall–Kier alpha value is -1.76. The number of aromatic nitrogens is 1. The van der Waals surface area contributed by atoms with Gasteiger partial charge >= 0.3 is 0 Å². The van der Waals surface area contributed by atoms with Crippen molar-refractivity contribution in [2.45, 2.75) is 25.7 Å². The Labute approximate surface area is 107 Å². The fourth-order valence-corrected chi connectivity index (χ4v) is 3.52. The van der Waals surface area contributed by atoms with Crippen molar-refractivity contribution in [3.05, 3.63) is 47.5 Å². The molecule has 0 N–H and O–H groups in total. The van der Waals surface area contributed by atoms with E-state index in [-0.39, 0.29) is 0 Å². The number of aryl methyl sites for hydroxylation is 3. The first-order chi connectivity index (χ1) is 8.86. The third-order valence-electron chi connectivity index (χ3n) is 4.39. The predicted octanol–water partition coefficient (Wildman–Crippen LogP) is 4.21. The number of hydrogen-bond donors (Lipinski definition) is 0. The van der Waals surface area contributed by atoms with E-state index < -0.39 is 0 Å². The number of nitrogens with zero attached hydrogens (tertiary/aromatic N) is 1. The number of rotatable bonds is 0. The van der Waals surface area contributed by atoms with Gasteiger partial charge in [0, 0.05) is 23.3 Å². The van der Waals surface area contributed by atoms with E-state index in [9.17, 15) is 0 Å². The zero-order chi connectivity index (χ0) is 12.1. The lowest BCUT2D eigenvalue weighted by Gasteiger charge is -2.17. The van der Waals surface area contributed by atoms with Gasteiger partial charge in [-0.1, -0.05) is 30.3 Å². The van der Waals surface area contributed by atoms with Crippen molar-refractivity contribution in [3.8, 4) is 0 Å². The van der Waals surface area contributed by atoms with Gasteiger partial charge in [0.15, 0.2) is 0 Å². The molecule has 1 heteroatoms. The van der Waals surface area contributed by atoms with E-state index in [1.807, 2.05) is 0 Å². The average Bonchev–Trinajstić information content (AvgIpc) is 2.73. The molecule has 2 aromatic carbocycles. The van der Waals surface area contributed by atoms with E-state index in [0.29, 0.717) is 0 Å². The molecule has 0 amide bonds. The number of benzene rings is 2. The van der Waals surface area contributed by atoms with Gasteiger partial charge in [-0.25, -0.2) is 0 Å². The molecule has 0 spiro atoms. The Morgan fingerprint density at radius 3 is 2.67 bits per heavy atom. The summed E-state index contributed by atoms with van der Waals surface area (Å²) in [6, 6.07) is 13.4. The van der Waals surface area contributed by atoms with Crippen LogP contribution in [0.15, 0.2) is 36.4 Å². The molecule has 1 aliphatic carbocycles. The maximum absolute atomic E-state index is 2.38. The lowest BCUT2D eigenvalue weighted by molar-refractivity contribution is 0.687. The SMILES string of the molecule is Cn1c2ccccc2c2ccc3c(c21)CCCC3. The molecular formula is C17H17N. The summed E-state index contributed by atoms with van der Waals surface area (Å²) in [5.74, 6) is 0. The lowest BCUT2D eigenvalue weighted by atomic mass is 9.90. The second-order valence-corrected chi connectivity index (χ2v) is 5.38. The number of fused-ring (bicyclic) bond motifs is 5. The Morgan fingerprint density at radius 1 is 0.889 bits per heavy atom. The van der Waals surface area contributed by atoms with E-state index in [2.05, 4.69) is 48.0 Å². The Balaban J connectivity index is 2.22.